The number of nitrogens with zero attached hydrogens (tertiary/aromatic N) is 3. The standard InChI is InChI=1S/C23H26N4O3S/c1-17-10-8-9-13-22(17)27-18(2)14-20(19(27)3)15-24-25-23(28)16-26(31(4,29)30)21-11-6-5-7-12-21/h5-15H,16H2,1-4H3,(H,25,28)/b24-15-. The molecule has 0 atom stereocenters. The summed E-state index contributed by atoms with van der Waals surface area (Å²) in [5.41, 5.74) is 8.00. The van der Waals surface area contributed by atoms with Crippen molar-refractivity contribution >= 4 is 27.8 Å². The van der Waals surface area contributed by atoms with Gasteiger partial charge in [-0.05, 0) is 50.6 Å². The highest BCUT2D eigenvalue weighted by Gasteiger charge is 2.20. The number of amides is 1. The summed E-state index contributed by atoms with van der Waals surface area (Å²) < 4.78 is 27.4. The SMILES string of the molecule is Cc1ccccc1-n1c(C)cc(/C=N\NC(=O)CN(c2ccccc2)S(C)(=O)=O)c1C. The van der Waals surface area contributed by atoms with Gasteiger partial charge in [-0.3, -0.25) is 9.10 Å². The molecule has 1 aromatic heterocycles. The number of carbonyl (C=O) groups excluding carboxylic acids is 1. The number of sulfonamides is 1. The van der Waals surface area contributed by atoms with Crippen LogP contribution in [0.5, 0.6) is 0 Å². The first-order valence-corrected chi connectivity index (χ1v) is 11.6. The van der Waals surface area contributed by atoms with E-state index < -0.39 is 15.9 Å². The Bertz CT molecular complexity index is 1210. The zero-order valence-electron chi connectivity index (χ0n) is 18.0. The van der Waals surface area contributed by atoms with Gasteiger partial charge in [0.1, 0.15) is 6.54 Å². The third kappa shape index (κ3) is 5.21. The Balaban J connectivity index is 1.74. The molecule has 0 spiro atoms. The van der Waals surface area contributed by atoms with E-state index in [4.69, 9.17) is 0 Å². The van der Waals surface area contributed by atoms with E-state index in [9.17, 15) is 13.2 Å². The van der Waals surface area contributed by atoms with Crippen LogP contribution >= 0.6 is 0 Å². The minimum Gasteiger partial charge on any atom is -0.318 e. The lowest BCUT2D eigenvalue weighted by Crippen LogP contribution is -2.38. The highest BCUT2D eigenvalue weighted by atomic mass is 32.2. The molecular weight excluding hydrogens is 412 g/mol. The molecule has 1 amide bonds. The zero-order chi connectivity index (χ0) is 22.6. The zero-order valence-corrected chi connectivity index (χ0v) is 18.8. The van der Waals surface area contributed by atoms with Crippen LogP contribution in [0.25, 0.3) is 5.69 Å². The molecule has 0 aliphatic carbocycles. The summed E-state index contributed by atoms with van der Waals surface area (Å²) in [5.74, 6) is -0.529. The second-order valence-electron chi connectivity index (χ2n) is 7.35. The van der Waals surface area contributed by atoms with Crippen LogP contribution in [0.2, 0.25) is 0 Å². The summed E-state index contributed by atoms with van der Waals surface area (Å²) in [7, 11) is -3.62. The summed E-state index contributed by atoms with van der Waals surface area (Å²) in [6.07, 6.45) is 2.64. The molecule has 3 rings (SSSR count). The number of hydrazone groups is 1. The van der Waals surface area contributed by atoms with E-state index in [0.717, 1.165) is 38.8 Å². The van der Waals surface area contributed by atoms with Crippen LogP contribution in [0.1, 0.15) is 22.5 Å². The summed E-state index contributed by atoms with van der Waals surface area (Å²) in [6.45, 7) is 5.70. The minimum atomic E-state index is -3.62. The molecule has 7 nitrogen and oxygen atoms in total. The van der Waals surface area contributed by atoms with E-state index in [0.29, 0.717) is 5.69 Å². The van der Waals surface area contributed by atoms with Gasteiger partial charge in [-0.1, -0.05) is 36.4 Å². The van der Waals surface area contributed by atoms with Crippen LogP contribution in [-0.4, -0.2) is 37.9 Å². The smallest absolute Gasteiger partial charge is 0.260 e. The predicted molar refractivity (Wildman–Crippen MR) is 124 cm³/mol. The molecule has 8 heteroatoms. The fraction of sp³-hybridized carbons (Fsp3) is 0.217. The van der Waals surface area contributed by atoms with Gasteiger partial charge in [0.05, 0.1) is 18.2 Å². The number of anilines is 1. The summed E-state index contributed by atoms with van der Waals surface area (Å²) in [6, 6.07) is 18.6. The molecule has 0 bridgehead atoms. The fourth-order valence-electron chi connectivity index (χ4n) is 3.44. The molecule has 0 aliphatic heterocycles. The number of nitrogens with one attached hydrogen (secondary N) is 1. The number of rotatable bonds is 7. The number of hydrogen-bond acceptors (Lipinski definition) is 4. The van der Waals surface area contributed by atoms with E-state index in [1.807, 2.05) is 32.0 Å². The van der Waals surface area contributed by atoms with Crippen molar-refractivity contribution in [1.82, 2.24) is 9.99 Å². The quantitative estimate of drug-likeness (QED) is 0.454. The van der Waals surface area contributed by atoms with Crippen molar-refractivity contribution in [2.75, 3.05) is 17.1 Å². The van der Waals surface area contributed by atoms with Gasteiger partial charge in [0.2, 0.25) is 10.0 Å². The summed E-state index contributed by atoms with van der Waals surface area (Å²) in [5, 5.41) is 4.04. The maximum atomic E-state index is 12.4. The van der Waals surface area contributed by atoms with Crippen LogP contribution < -0.4 is 9.73 Å². The molecule has 0 fully saturated rings. The van der Waals surface area contributed by atoms with E-state index in [1.165, 1.54) is 0 Å². The number of para-hydroxylation sites is 2. The summed E-state index contributed by atoms with van der Waals surface area (Å²) >= 11 is 0. The van der Waals surface area contributed by atoms with Crippen LogP contribution in [-0.2, 0) is 14.8 Å². The molecule has 162 valence electrons. The molecule has 0 aliphatic rings. The van der Waals surface area contributed by atoms with Crippen molar-refractivity contribution < 1.29 is 13.2 Å². The van der Waals surface area contributed by atoms with Crippen molar-refractivity contribution in [3.63, 3.8) is 0 Å². The van der Waals surface area contributed by atoms with Gasteiger partial charge in [-0.25, -0.2) is 13.8 Å². The predicted octanol–water partition coefficient (Wildman–Crippen LogP) is 3.32. The molecule has 2 aromatic carbocycles. The maximum Gasteiger partial charge on any atom is 0.260 e. The van der Waals surface area contributed by atoms with Crippen LogP contribution in [0, 0.1) is 20.8 Å². The Morgan fingerprint density at radius 3 is 2.35 bits per heavy atom. The molecule has 3 aromatic rings. The van der Waals surface area contributed by atoms with Gasteiger partial charge in [-0.15, -0.1) is 0 Å². The Hall–Kier alpha value is -3.39. The van der Waals surface area contributed by atoms with Gasteiger partial charge in [-0.2, -0.15) is 5.10 Å². The Labute approximate surface area is 183 Å². The van der Waals surface area contributed by atoms with Gasteiger partial charge in [0.25, 0.3) is 5.91 Å². The van der Waals surface area contributed by atoms with Crippen molar-refractivity contribution in [3.8, 4) is 5.69 Å². The lowest BCUT2D eigenvalue weighted by Gasteiger charge is -2.21. The van der Waals surface area contributed by atoms with Crippen molar-refractivity contribution in [2.24, 2.45) is 5.10 Å². The lowest BCUT2D eigenvalue weighted by atomic mass is 10.2. The average molecular weight is 439 g/mol. The third-order valence-electron chi connectivity index (χ3n) is 4.95. The second-order valence-corrected chi connectivity index (χ2v) is 9.25. The fourth-order valence-corrected chi connectivity index (χ4v) is 4.29. The molecule has 0 unspecified atom stereocenters. The first kappa shape index (κ1) is 22.3. The molecular formula is C23H26N4O3S. The van der Waals surface area contributed by atoms with Crippen LogP contribution in [0.15, 0.2) is 65.8 Å². The molecule has 1 heterocycles. The first-order valence-electron chi connectivity index (χ1n) is 9.78. The van der Waals surface area contributed by atoms with Crippen LogP contribution in [0.3, 0.4) is 0 Å². The summed E-state index contributed by atoms with van der Waals surface area (Å²) in [4.78, 5) is 12.4. The average Bonchev–Trinajstić information content (AvgIpc) is 3.00. The van der Waals surface area contributed by atoms with Crippen LogP contribution in [0.4, 0.5) is 5.69 Å². The van der Waals surface area contributed by atoms with Gasteiger partial charge in [0.15, 0.2) is 0 Å². The van der Waals surface area contributed by atoms with E-state index >= 15 is 0 Å². The van der Waals surface area contributed by atoms with E-state index in [-0.39, 0.29) is 6.54 Å². The lowest BCUT2D eigenvalue weighted by molar-refractivity contribution is -0.119. The highest BCUT2D eigenvalue weighted by molar-refractivity contribution is 7.92. The monoisotopic (exact) mass is 438 g/mol. The first-order chi connectivity index (χ1) is 14.7. The van der Waals surface area contributed by atoms with Crippen molar-refractivity contribution in [2.45, 2.75) is 20.8 Å². The second kappa shape index (κ2) is 9.18. The minimum absolute atomic E-state index is 0.359. The third-order valence-corrected chi connectivity index (χ3v) is 6.09. The topological polar surface area (TPSA) is 83.8 Å². The van der Waals surface area contributed by atoms with Gasteiger partial charge >= 0.3 is 0 Å². The van der Waals surface area contributed by atoms with Gasteiger partial charge < -0.3 is 4.57 Å². The number of benzene rings is 2. The van der Waals surface area contributed by atoms with E-state index in [1.54, 1.807) is 36.5 Å². The highest BCUT2D eigenvalue weighted by Crippen LogP contribution is 2.22. The van der Waals surface area contributed by atoms with Crippen molar-refractivity contribution in [3.05, 3.63) is 83.2 Å². The largest absolute Gasteiger partial charge is 0.318 e. The van der Waals surface area contributed by atoms with E-state index in [2.05, 4.69) is 34.2 Å². The molecule has 31 heavy (non-hydrogen) atoms. The molecule has 0 radical (unpaired) electrons. The van der Waals surface area contributed by atoms with Gasteiger partial charge in [0, 0.05) is 22.6 Å². The molecule has 0 saturated carbocycles. The molecule has 1 N–H and O–H groups in total. The van der Waals surface area contributed by atoms with Crippen molar-refractivity contribution in [1.29, 1.82) is 0 Å². The Morgan fingerprint density at radius 1 is 1.06 bits per heavy atom. The molecule has 0 saturated heterocycles. The number of carbonyl (C=O) groups is 1. The Kier molecular flexibility index (Phi) is 6.60. The normalized spacial score (nSPS) is 11.6. The number of aryl methyl sites for hydroxylation is 2. The Morgan fingerprint density at radius 2 is 1.71 bits per heavy atom. The number of aromatic nitrogens is 1. The maximum absolute atomic E-state index is 12.4. The number of hydrogen-bond donors (Lipinski definition) is 1.